The normalized spacial score (nSPS) is 13.4. The van der Waals surface area contributed by atoms with E-state index in [1.807, 2.05) is 6.20 Å². The molecule has 0 aliphatic rings. The van der Waals surface area contributed by atoms with Crippen molar-refractivity contribution in [3.8, 4) is 0 Å². The number of rotatable bonds is 26. The summed E-state index contributed by atoms with van der Waals surface area (Å²) in [5, 5.41) is 0. The van der Waals surface area contributed by atoms with Crippen molar-refractivity contribution >= 4 is 0 Å². The summed E-state index contributed by atoms with van der Waals surface area (Å²) in [5.41, 5.74) is 0. The Balaban J connectivity index is 2.06. The molecular formula is C33H64N2. The molecule has 0 saturated heterocycles. The fraction of sp³-hybridized carbons (Fsp3) is 0.909. The zero-order valence-corrected chi connectivity index (χ0v) is 24.7. The molecule has 2 unspecified atom stereocenters. The molecule has 0 aliphatic heterocycles. The second-order valence-corrected chi connectivity index (χ2v) is 11.6. The van der Waals surface area contributed by atoms with Crippen molar-refractivity contribution in [3.05, 3.63) is 18.2 Å². The molecule has 206 valence electrons. The third-order valence-electron chi connectivity index (χ3n) is 8.08. The standard InChI is InChI=1S/C33H64N2/c1-5-7-9-11-13-15-17-19-21-23-25-27-31(3)33-34-29-30-35(33)32(4)28-26-24-22-20-18-16-14-12-10-8-6-2/h29-32H,5-28H2,1-4H3. The van der Waals surface area contributed by atoms with Gasteiger partial charge >= 0.3 is 0 Å². The first-order valence-corrected chi connectivity index (χ1v) is 16.2. The van der Waals surface area contributed by atoms with Crippen LogP contribution in [0.25, 0.3) is 0 Å². The van der Waals surface area contributed by atoms with Gasteiger partial charge in [0.1, 0.15) is 5.82 Å². The third-order valence-corrected chi connectivity index (χ3v) is 8.08. The minimum absolute atomic E-state index is 0.586. The van der Waals surface area contributed by atoms with Crippen molar-refractivity contribution in [1.29, 1.82) is 0 Å². The molecule has 2 atom stereocenters. The quantitative estimate of drug-likeness (QED) is 0.118. The molecule has 0 saturated carbocycles. The van der Waals surface area contributed by atoms with Crippen LogP contribution in [0.4, 0.5) is 0 Å². The first-order chi connectivity index (χ1) is 17.2. The molecule has 0 radical (unpaired) electrons. The van der Waals surface area contributed by atoms with E-state index in [0.29, 0.717) is 12.0 Å². The Hall–Kier alpha value is -0.790. The smallest absolute Gasteiger partial charge is 0.111 e. The highest BCUT2D eigenvalue weighted by molar-refractivity contribution is 5.00. The number of hydrogen-bond acceptors (Lipinski definition) is 1. The van der Waals surface area contributed by atoms with Gasteiger partial charge in [-0.25, -0.2) is 4.98 Å². The average molecular weight is 489 g/mol. The van der Waals surface area contributed by atoms with E-state index in [9.17, 15) is 0 Å². The minimum Gasteiger partial charge on any atom is -0.332 e. The number of unbranched alkanes of at least 4 members (excludes halogenated alkanes) is 20. The van der Waals surface area contributed by atoms with Gasteiger partial charge in [-0.05, 0) is 19.8 Å². The van der Waals surface area contributed by atoms with Crippen molar-refractivity contribution < 1.29 is 0 Å². The van der Waals surface area contributed by atoms with Crippen LogP contribution in [0, 0.1) is 0 Å². The molecule has 0 N–H and O–H groups in total. The zero-order chi connectivity index (χ0) is 25.4. The molecular weight excluding hydrogens is 424 g/mol. The van der Waals surface area contributed by atoms with Crippen LogP contribution in [0.2, 0.25) is 0 Å². The third kappa shape index (κ3) is 17.3. The van der Waals surface area contributed by atoms with Crippen molar-refractivity contribution in [2.45, 2.75) is 194 Å². The van der Waals surface area contributed by atoms with Crippen molar-refractivity contribution in [2.75, 3.05) is 0 Å². The molecule has 1 aromatic rings. The van der Waals surface area contributed by atoms with Crippen LogP contribution in [0.15, 0.2) is 12.4 Å². The maximum absolute atomic E-state index is 4.77. The van der Waals surface area contributed by atoms with E-state index in [-0.39, 0.29) is 0 Å². The fourth-order valence-corrected chi connectivity index (χ4v) is 5.57. The summed E-state index contributed by atoms with van der Waals surface area (Å²) in [6.07, 6.45) is 38.2. The zero-order valence-electron chi connectivity index (χ0n) is 24.7. The molecule has 2 heteroatoms. The van der Waals surface area contributed by atoms with Crippen LogP contribution in [0.1, 0.15) is 200 Å². The van der Waals surface area contributed by atoms with Crippen LogP contribution in [-0.4, -0.2) is 9.55 Å². The lowest BCUT2D eigenvalue weighted by molar-refractivity contribution is 0.435. The minimum atomic E-state index is 0.586. The molecule has 0 aliphatic carbocycles. The Kier molecular flexibility index (Phi) is 21.7. The molecule has 0 bridgehead atoms. The molecule has 1 rings (SSSR count). The summed E-state index contributed by atoms with van der Waals surface area (Å²) in [6.45, 7) is 9.39. The van der Waals surface area contributed by atoms with Crippen molar-refractivity contribution in [2.24, 2.45) is 0 Å². The fourth-order valence-electron chi connectivity index (χ4n) is 5.57. The molecule has 0 aromatic carbocycles. The number of aromatic nitrogens is 2. The SMILES string of the molecule is CCCCCCCCCCCCCC(C)c1nccn1C(C)CCCCCCCCCCCCC. The lowest BCUT2D eigenvalue weighted by Crippen LogP contribution is -2.11. The Labute approximate surface area is 221 Å². The van der Waals surface area contributed by atoms with E-state index < -0.39 is 0 Å². The maximum Gasteiger partial charge on any atom is 0.111 e. The van der Waals surface area contributed by atoms with E-state index >= 15 is 0 Å². The maximum atomic E-state index is 4.77. The summed E-state index contributed by atoms with van der Waals surface area (Å²) in [5.74, 6) is 1.91. The largest absolute Gasteiger partial charge is 0.332 e. The van der Waals surface area contributed by atoms with Crippen LogP contribution >= 0.6 is 0 Å². The topological polar surface area (TPSA) is 17.8 Å². The summed E-state index contributed by atoms with van der Waals surface area (Å²) in [4.78, 5) is 4.77. The highest BCUT2D eigenvalue weighted by atomic mass is 15.1. The van der Waals surface area contributed by atoms with Crippen LogP contribution in [0.3, 0.4) is 0 Å². The summed E-state index contributed by atoms with van der Waals surface area (Å²) < 4.78 is 2.49. The Morgan fingerprint density at radius 2 is 0.914 bits per heavy atom. The Morgan fingerprint density at radius 3 is 1.34 bits per heavy atom. The van der Waals surface area contributed by atoms with Gasteiger partial charge in [0.2, 0.25) is 0 Å². The monoisotopic (exact) mass is 489 g/mol. The van der Waals surface area contributed by atoms with Gasteiger partial charge in [0, 0.05) is 24.4 Å². The highest BCUT2D eigenvalue weighted by Crippen LogP contribution is 2.26. The predicted octanol–water partition coefficient (Wildman–Crippen LogP) is 11.9. The number of nitrogens with zero attached hydrogens (tertiary/aromatic N) is 2. The Bertz CT molecular complexity index is 503. The van der Waals surface area contributed by atoms with Crippen molar-refractivity contribution in [1.82, 2.24) is 9.55 Å². The molecule has 1 aromatic heterocycles. The molecule has 0 amide bonds. The van der Waals surface area contributed by atoms with Gasteiger partial charge in [-0.1, -0.05) is 162 Å². The molecule has 0 spiro atoms. The van der Waals surface area contributed by atoms with Gasteiger partial charge in [-0.15, -0.1) is 0 Å². The van der Waals surface area contributed by atoms with Gasteiger partial charge in [0.15, 0.2) is 0 Å². The van der Waals surface area contributed by atoms with E-state index in [1.165, 1.54) is 160 Å². The lowest BCUT2D eigenvalue weighted by Gasteiger charge is -2.20. The van der Waals surface area contributed by atoms with Gasteiger partial charge in [-0.2, -0.15) is 0 Å². The van der Waals surface area contributed by atoms with Gasteiger partial charge in [0.25, 0.3) is 0 Å². The molecule has 0 fully saturated rings. The first-order valence-electron chi connectivity index (χ1n) is 16.2. The van der Waals surface area contributed by atoms with E-state index in [1.54, 1.807) is 0 Å². The van der Waals surface area contributed by atoms with E-state index in [2.05, 4.69) is 38.5 Å². The van der Waals surface area contributed by atoms with Crippen molar-refractivity contribution in [3.63, 3.8) is 0 Å². The number of hydrogen-bond donors (Lipinski definition) is 0. The van der Waals surface area contributed by atoms with Gasteiger partial charge in [0.05, 0.1) is 0 Å². The summed E-state index contributed by atoms with van der Waals surface area (Å²) >= 11 is 0. The van der Waals surface area contributed by atoms with E-state index in [0.717, 1.165) is 0 Å². The number of imidazole rings is 1. The average Bonchev–Trinajstić information content (AvgIpc) is 3.36. The van der Waals surface area contributed by atoms with Crippen LogP contribution < -0.4 is 0 Å². The van der Waals surface area contributed by atoms with E-state index in [4.69, 9.17) is 4.98 Å². The first kappa shape index (κ1) is 32.2. The van der Waals surface area contributed by atoms with Crippen LogP contribution in [0.5, 0.6) is 0 Å². The van der Waals surface area contributed by atoms with Crippen LogP contribution in [-0.2, 0) is 0 Å². The highest BCUT2D eigenvalue weighted by Gasteiger charge is 2.15. The Morgan fingerprint density at radius 1 is 0.543 bits per heavy atom. The molecule has 35 heavy (non-hydrogen) atoms. The summed E-state index contributed by atoms with van der Waals surface area (Å²) in [6, 6.07) is 0.589. The predicted molar refractivity (Wildman–Crippen MR) is 158 cm³/mol. The van der Waals surface area contributed by atoms with Gasteiger partial charge in [-0.3, -0.25) is 0 Å². The second kappa shape index (κ2) is 23.6. The molecule has 2 nitrogen and oxygen atoms in total. The lowest BCUT2D eigenvalue weighted by atomic mass is 10.00. The van der Waals surface area contributed by atoms with Gasteiger partial charge < -0.3 is 4.57 Å². The second-order valence-electron chi connectivity index (χ2n) is 11.6. The summed E-state index contributed by atoms with van der Waals surface area (Å²) in [7, 11) is 0. The molecule has 1 heterocycles.